The summed E-state index contributed by atoms with van der Waals surface area (Å²) in [6.45, 7) is 4.82. The van der Waals surface area contributed by atoms with Crippen LogP contribution >= 0.6 is 11.6 Å². The Hall–Kier alpha value is -1.00. The predicted molar refractivity (Wildman–Crippen MR) is 67.8 cm³/mol. The summed E-state index contributed by atoms with van der Waals surface area (Å²) >= 11 is 5.82. The largest absolute Gasteiger partial charge is 0.396 e. The smallest absolute Gasteiger partial charge is 0.151 e. The van der Waals surface area contributed by atoms with Gasteiger partial charge < -0.3 is 15.8 Å². The fourth-order valence-electron chi connectivity index (χ4n) is 1.32. The zero-order valence-electron chi connectivity index (χ0n) is 9.83. The van der Waals surface area contributed by atoms with Crippen molar-refractivity contribution < 1.29 is 4.74 Å². The molecule has 0 radical (unpaired) electrons. The molecule has 90 valence electrons. The summed E-state index contributed by atoms with van der Waals surface area (Å²) in [5.74, 6) is 1.03. The second kappa shape index (κ2) is 5.92. The number of rotatable bonds is 5. The number of anilines is 2. The van der Waals surface area contributed by atoms with Gasteiger partial charge in [0.25, 0.3) is 0 Å². The van der Waals surface area contributed by atoms with Crippen LogP contribution < -0.4 is 11.1 Å². The van der Waals surface area contributed by atoms with E-state index in [1.165, 1.54) is 0 Å². The summed E-state index contributed by atoms with van der Waals surface area (Å²) in [6, 6.07) is 3.57. The third-order valence-electron chi connectivity index (χ3n) is 2.37. The van der Waals surface area contributed by atoms with Crippen LogP contribution in [0.25, 0.3) is 0 Å². The van der Waals surface area contributed by atoms with Crippen molar-refractivity contribution in [3.8, 4) is 0 Å². The number of nitrogens with one attached hydrogen (secondary N) is 1. The van der Waals surface area contributed by atoms with Crippen LogP contribution in [-0.2, 0) is 4.74 Å². The van der Waals surface area contributed by atoms with Crippen molar-refractivity contribution in [3.05, 3.63) is 17.3 Å². The molecule has 1 aromatic rings. The zero-order valence-corrected chi connectivity index (χ0v) is 10.6. The van der Waals surface area contributed by atoms with Crippen LogP contribution in [0.2, 0.25) is 5.15 Å². The number of pyridine rings is 1. The number of ether oxygens (including phenoxy) is 1. The summed E-state index contributed by atoms with van der Waals surface area (Å²) in [5, 5.41) is 3.67. The number of nitrogen functional groups attached to an aromatic ring is 1. The van der Waals surface area contributed by atoms with Gasteiger partial charge in [0.05, 0.1) is 18.3 Å². The Morgan fingerprint density at radius 3 is 2.75 bits per heavy atom. The third-order valence-corrected chi connectivity index (χ3v) is 2.58. The van der Waals surface area contributed by atoms with Crippen LogP contribution in [0.15, 0.2) is 12.1 Å². The Morgan fingerprint density at radius 2 is 2.19 bits per heavy atom. The highest BCUT2D eigenvalue weighted by Gasteiger charge is 2.14. The molecule has 0 fully saturated rings. The van der Waals surface area contributed by atoms with E-state index in [0.29, 0.717) is 29.2 Å². The van der Waals surface area contributed by atoms with Gasteiger partial charge in [-0.1, -0.05) is 25.4 Å². The second-order valence-corrected chi connectivity index (χ2v) is 4.41. The van der Waals surface area contributed by atoms with E-state index in [0.717, 1.165) is 0 Å². The maximum Gasteiger partial charge on any atom is 0.151 e. The van der Waals surface area contributed by atoms with E-state index in [4.69, 9.17) is 22.1 Å². The molecule has 4 nitrogen and oxygen atoms in total. The molecule has 1 rings (SSSR count). The van der Waals surface area contributed by atoms with Crippen LogP contribution in [0.4, 0.5) is 11.5 Å². The summed E-state index contributed by atoms with van der Waals surface area (Å²) in [6.07, 6.45) is 0. The Balaban J connectivity index is 2.80. The number of nitrogens with two attached hydrogens (primary N) is 1. The fourth-order valence-corrected chi connectivity index (χ4v) is 1.47. The minimum absolute atomic E-state index is 0.165. The second-order valence-electron chi connectivity index (χ2n) is 4.02. The lowest BCUT2D eigenvalue weighted by molar-refractivity contribution is 0.171. The summed E-state index contributed by atoms with van der Waals surface area (Å²) in [7, 11) is 1.67. The van der Waals surface area contributed by atoms with Gasteiger partial charge in [0.15, 0.2) is 5.82 Å². The lowest BCUT2D eigenvalue weighted by atomic mass is 10.1. The van der Waals surface area contributed by atoms with Crippen molar-refractivity contribution in [2.45, 2.75) is 19.9 Å². The first-order valence-corrected chi connectivity index (χ1v) is 5.60. The van der Waals surface area contributed by atoms with Gasteiger partial charge >= 0.3 is 0 Å². The molecule has 0 aliphatic carbocycles. The van der Waals surface area contributed by atoms with Crippen LogP contribution in [0.1, 0.15) is 13.8 Å². The first-order valence-electron chi connectivity index (χ1n) is 5.22. The molecule has 1 atom stereocenters. The molecule has 0 saturated carbocycles. The Morgan fingerprint density at radius 1 is 1.50 bits per heavy atom. The first-order chi connectivity index (χ1) is 7.54. The van der Waals surface area contributed by atoms with E-state index in [1.807, 2.05) is 0 Å². The standard InChI is InChI=1S/C11H18ClN3O/c1-7(2)9(6-16-3)14-11-8(13)4-5-10(12)15-11/h4-5,7,9H,6,13H2,1-3H3,(H,14,15). The van der Waals surface area contributed by atoms with Crippen molar-refractivity contribution in [1.29, 1.82) is 0 Å². The highest BCUT2D eigenvalue weighted by molar-refractivity contribution is 6.29. The SMILES string of the molecule is COCC(Nc1nc(Cl)ccc1N)C(C)C. The van der Waals surface area contributed by atoms with E-state index in [-0.39, 0.29) is 6.04 Å². The molecule has 16 heavy (non-hydrogen) atoms. The predicted octanol–water partition coefficient (Wildman–Crippen LogP) is 2.40. The molecule has 1 aromatic heterocycles. The topological polar surface area (TPSA) is 60.2 Å². The van der Waals surface area contributed by atoms with Crippen molar-refractivity contribution in [2.24, 2.45) is 5.92 Å². The maximum atomic E-state index is 5.82. The van der Waals surface area contributed by atoms with Crippen molar-refractivity contribution in [1.82, 2.24) is 4.98 Å². The van der Waals surface area contributed by atoms with Crippen molar-refractivity contribution in [3.63, 3.8) is 0 Å². The Bertz CT molecular complexity index is 344. The van der Waals surface area contributed by atoms with Crippen LogP contribution in [0, 0.1) is 5.92 Å². The van der Waals surface area contributed by atoms with Gasteiger partial charge in [-0.2, -0.15) is 0 Å². The molecule has 0 spiro atoms. The zero-order chi connectivity index (χ0) is 12.1. The molecule has 1 heterocycles. The lowest BCUT2D eigenvalue weighted by Crippen LogP contribution is -2.31. The molecule has 0 bridgehead atoms. The highest BCUT2D eigenvalue weighted by atomic mass is 35.5. The summed E-state index contributed by atoms with van der Waals surface area (Å²) in [4.78, 5) is 4.15. The molecular weight excluding hydrogens is 226 g/mol. The van der Waals surface area contributed by atoms with Crippen molar-refractivity contribution in [2.75, 3.05) is 24.8 Å². The highest BCUT2D eigenvalue weighted by Crippen LogP contribution is 2.20. The Labute approximate surface area is 101 Å². The number of halogens is 1. The van der Waals surface area contributed by atoms with Crippen LogP contribution in [-0.4, -0.2) is 24.7 Å². The number of nitrogens with zero attached hydrogens (tertiary/aromatic N) is 1. The van der Waals surface area contributed by atoms with E-state index < -0.39 is 0 Å². The van der Waals surface area contributed by atoms with E-state index in [9.17, 15) is 0 Å². The molecule has 0 aliphatic rings. The van der Waals surface area contributed by atoms with Gasteiger partial charge in [-0.3, -0.25) is 0 Å². The molecule has 0 aromatic carbocycles. The van der Waals surface area contributed by atoms with Gasteiger partial charge in [-0.15, -0.1) is 0 Å². The van der Waals surface area contributed by atoms with Gasteiger partial charge in [0.1, 0.15) is 5.15 Å². The summed E-state index contributed by atoms with van der Waals surface area (Å²) in [5.41, 5.74) is 6.40. The fraction of sp³-hybridized carbons (Fsp3) is 0.545. The molecule has 5 heteroatoms. The Kier molecular flexibility index (Phi) is 4.83. The van der Waals surface area contributed by atoms with E-state index in [2.05, 4.69) is 24.1 Å². The minimum atomic E-state index is 0.165. The number of hydrogen-bond donors (Lipinski definition) is 2. The third kappa shape index (κ3) is 3.54. The molecule has 0 saturated heterocycles. The first kappa shape index (κ1) is 13.1. The summed E-state index contributed by atoms with van der Waals surface area (Å²) < 4.78 is 5.14. The van der Waals surface area contributed by atoms with Gasteiger partial charge in [0.2, 0.25) is 0 Å². The number of hydrogen-bond acceptors (Lipinski definition) is 4. The lowest BCUT2D eigenvalue weighted by Gasteiger charge is -2.22. The van der Waals surface area contributed by atoms with Gasteiger partial charge in [-0.25, -0.2) is 4.98 Å². The molecule has 1 unspecified atom stereocenters. The molecule has 0 aliphatic heterocycles. The normalized spacial score (nSPS) is 12.8. The van der Waals surface area contributed by atoms with Gasteiger partial charge in [-0.05, 0) is 18.1 Å². The molecule has 3 N–H and O–H groups in total. The molecule has 0 amide bonds. The van der Waals surface area contributed by atoms with Gasteiger partial charge in [0, 0.05) is 7.11 Å². The quantitative estimate of drug-likeness (QED) is 0.780. The monoisotopic (exact) mass is 243 g/mol. The average molecular weight is 244 g/mol. The minimum Gasteiger partial charge on any atom is -0.396 e. The average Bonchev–Trinajstić information content (AvgIpc) is 2.22. The van der Waals surface area contributed by atoms with E-state index in [1.54, 1.807) is 19.2 Å². The number of methoxy groups -OCH3 is 1. The molecular formula is C11H18ClN3O. The number of aromatic nitrogens is 1. The van der Waals surface area contributed by atoms with Crippen LogP contribution in [0.5, 0.6) is 0 Å². The van der Waals surface area contributed by atoms with Crippen LogP contribution in [0.3, 0.4) is 0 Å². The van der Waals surface area contributed by atoms with E-state index >= 15 is 0 Å². The maximum absolute atomic E-state index is 5.82. The van der Waals surface area contributed by atoms with Crippen molar-refractivity contribution >= 4 is 23.1 Å².